The average Bonchev–Trinajstić information content (AvgIpc) is 4.14. The molecule has 0 aromatic heterocycles. The topological polar surface area (TPSA) is 314 Å². The van der Waals surface area contributed by atoms with Crippen LogP contribution in [0.5, 0.6) is 0 Å². The summed E-state index contributed by atoms with van der Waals surface area (Å²) < 4.78 is 20.9. The molecule has 4 atom stereocenters. The Morgan fingerprint density at radius 1 is 0.565 bits per heavy atom. The molecule has 2 heterocycles. The summed E-state index contributed by atoms with van der Waals surface area (Å²) in [5.41, 5.74) is 32.1. The summed E-state index contributed by atoms with van der Waals surface area (Å²) in [5.74, 6) is 3.95. The van der Waals surface area contributed by atoms with Crippen molar-refractivity contribution >= 4 is 23.8 Å². The number of aliphatic imine (C=N–C) groups is 4. The summed E-state index contributed by atoms with van der Waals surface area (Å²) in [5, 5.41) is 25.9. The first-order valence-corrected chi connectivity index (χ1v) is 23.3. The predicted molar refractivity (Wildman–Crippen MR) is 258 cm³/mol. The van der Waals surface area contributed by atoms with Crippen LogP contribution < -0.4 is 45.0 Å². The molecule has 0 radical (unpaired) electrons. The summed E-state index contributed by atoms with van der Waals surface area (Å²) in [4.78, 5) is 16.1. The zero-order valence-corrected chi connectivity index (χ0v) is 40.4. The lowest BCUT2D eigenvalue weighted by Crippen LogP contribution is -2.39. The fraction of sp³-hybridized carbons (Fsp3) is 0.909. The van der Waals surface area contributed by atoms with Crippen LogP contribution in [0.15, 0.2) is 20.0 Å². The highest BCUT2D eigenvalue weighted by Crippen LogP contribution is 2.15. The molecular formula is C44H96N12O6. The molecule has 0 aromatic rings. The first kappa shape index (κ1) is 60.9. The molecule has 0 amide bonds. The van der Waals surface area contributed by atoms with Gasteiger partial charge in [-0.15, -0.1) is 0 Å². The van der Waals surface area contributed by atoms with E-state index < -0.39 is 12.2 Å². The van der Waals surface area contributed by atoms with E-state index in [-0.39, 0.29) is 25.1 Å². The Morgan fingerprint density at radius 3 is 1.52 bits per heavy atom. The van der Waals surface area contributed by atoms with E-state index in [1.54, 1.807) is 0 Å². The molecule has 2 saturated heterocycles. The minimum Gasteiger partial charge on any atom is -0.391 e. The lowest BCUT2D eigenvalue weighted by Gasteiger charge is -2.13. The normalized spacial score (nSPS) is 16.6. The number of hydrogen-bond acceptors (Lipinski definition) is 10. The highest BCUT2D eigenvalue weighted by atomic mass is 16.6. The maximum absolute atomic E-state index is 9.98. The Labute approximate surface area is 376 Å². The number of ether oxygens (including phenoxy) is 4. The molecule has 2 fully saturated rings. The molecule has 368 valence electrons. The lowest BCUT2D eigenvalue weighted by atomic mass is 10.1. The molecular weight excluding hydrogens is 793 g/mol. The van der Waals surface area contributed by atoms with E-state index in [4.69, 9.17) is 53.3 Å². The Hall–Kier alpha value is -3.16. The van der Waals surface area contributed by atoms with Gasteiger partial charge in [-0.05, 0) is 101 Å². The van der Waals surface area contributed by atoms with Crippen LogP contribution in [0.3, 0.4) is 0 Å². The van der Waals surface area contributed by atoms with Crippen LogP contribution in [0.1, 0.15) is 132 Å². The zero-order chi connectivity index (χ0) is 47.0. The first-order valence-electron chi connectivity index (χ1n) is 23.3. The van der Waals surface area contributed by atoms with Crippen molar-refractivity contribution in [3.05, 3.63) is 0 Å². The van der Waals surface area contributed by atoms with Crippen molar-refractivity contribution in [2.24, 2.45) is 78.0 Å². The number of aliphatic hydroxyl groups is 2. The lowest BCUT2D eigenvalue weighted by molar-refractivity contribution is 0.0337. The first-order chi connectivity index (χ1) is 29.4. The van der Waals surface area contributed by atoms with Crippen molar-refractivity contribution in [3.63, 3.8) is 0 Å². The van der Waals surface area contributed by atoms with Gasteiger partial charge >= 0.3 is 0 Å². The van der Waals surface area contributed by atoms with E-state index in [1.807, 2.05) is 0 Å². The smallest absolute Gasteiger partial charge is 0.188 e. The minimum atomic E-state index is -0.666. The van der Waals surface area contributed by atoms with Crippen molar-refractivity contribution < 1.29 is 29.2 Å². The van der Waals surface area contributed by atoms with Crippen molar-refractivity contribution in [3.8, 4) is 0 Å². The van der Waals surface area contributed by atoms with Gasteiger partial charge < -0.3 is 74.2 Å². The number of nitrogens with zero attached hydrogens (tertiary/aromatic N) is 4. The number of hydrogen-bond donors (Lipinski definition) is 10. The number of aliphatic hydroxyl groups excluding tert-OH is 2. The SMILES string of the molecule is C(COCC1CO1)CC1CO1.CC(C)CCCN=C(N)N.CC(C)CCCN=C(N)N.CC(C)CCCN=C(N)NCC(O)COCCCC(O)CN=C(N)NCCCC(C)C. The molecule has 0 spiro atoms. The average molecular weight is 889 g/mol. The summed E-state index contributed by atoms with van der Waals surface area (Å²) in [7, 11) is 0. The largest absolute Gasteiger partial charge is 0.391 e. The van der Waals surface area contributed by atoms with Gasteiger partial charge in [-0.2, -0.15) is 0 Å². The quantitative estimate of drug-likeness (QED) is 0.0201. The molecule has 4 unspecified atom stereocenters. The third-order valence-electron chi connectivity index (χ3n) is 9.00. The van der Waals surface area contributed by atoms with E-state index in [0.717, 1.165) is 109 Å². The molecule has 2 aliphatic rings. The van der Waals surface area contributed by atoms with Crippen molar-refractivity contribution in [1.29, 1.82) is 0 Å². The van der Waals surface area contributed by atoms with Crippen LogP contribution in [0, 0.1) is 23.7 Å². The van der Waals surface area contributed by atoms with Crippen LogP contribution in [0.2, 0.25) is 0 Å². The van der Waals surface area contributed by atoms with E-state index in [2.05, 4.69) is 86.0 Å². The second-order valence-electron chi connectivity index (χ2n) is 17.7. The van der Waals surface area contributed by atoms with Crippen LogP contribution in [0.25, 0.3) is 0 Å². The maximum Gasteiger partial charge on any atom is 0.188 e. The number of rotatable bonds is 32. The molecule has 2 rings (SSSR count). The molecule has 16 N–H and O–H groups in total. The maximum atomic E-state index is 9.98. The van der Waals surface area contributed by atoms with Crippen LogP contribution >= 0.6 is 0 Å². The Bertz CT molecular complexity index is 1090. The molecule has 2 aliphatic heterocycles. The van der Waals surface area contributed by atoms with Gasteiger partial charge in [-0.3, -0.25) is 20.0 Å². The Morgan fingerprint density at radius 2 is 1.03 bits per heavy atom. The summed E-state index contributed by atoms with van der Waals surface area (Å²) in [6.07, 6.45) is 12.1. The van der Waals surface area contributed by atoms with Gasteiger partial charge in [0.15, 0.2) is 23.8 Å². The van der Waals surface area contributed by atoms with E-state index in [1.165, 1.54) is 12.8 Å². The predicted octanol–water partition coefficient (Wildman–Crippen LogP) is 3.16. The molecule has 0 saturated carbocycles. The third-order valence-corrected chi connectivity index (χ3v) is 9.00. The Kier molecular flexibility index (Phi) is 41.1. The number of nitrogens with one attached hydrogen (secondary N) is 2. The summed E-state index contributed by atoms with van der Waals surface area (Å²) in [6.45, 7) is 25.2. The second kappa shape index (κ2) is 41.8. The molecule has 18 heteroatoms. The van der Waals surface area contributed by atoms with Crippen LogP contribution in [-0.2, 0) is 18.9 Å². The Balaban J connectivity index is 0. The van der Waals surface area contributed by atoms with Crippen LogP contribution in [-0.4, -0.2) is 137 Å². The van der Waals surface area contributed by atoms with Crippen molar-refractivity contribution in [2.45, 2.75) is 157 Å². The van der Waals surface area contributed by atoms with Crippen molar-refractivity contribution in [2.75, 3.05) is 78.9 Å². The molecule has 0 aliphatic carbocycles. The highest BCUT2D eigenvalue weighted by molar-refractivity contribution is 5.78. The van der Waals surface area contributed by atoms with Crippen molar-refractivity contribution in [1.82, 2.24) is 10.6 Å². The zero-order valence-electron chi connectivity index (χ0n) is 40.4. The highest BCUT2D eigenvalue weighted by Gasteiger charge is 2.23. The molecule has 0 aromatic carbocycles. The summed E-state index contributed by atoms with van der Waals surface area (Å²) >= 11 is 0. The third kappa shape index (κ3) is 54.9. The number of guanidine groups is 4. The number of nitrogens with two attached hydrogens (primary N) is 6. The van der Waals surface area contributed by atoms with E-state index in [9.17, 15) is 10.2 Å². The van der Waals surface area contributed by atoms with Gasteiger partial charge in [0.25, 0.3) is 0 Å². The fourth-order valence-electron chi connectivity index (χ4n) is 5.20. The minimum absolute atomic E-state index is 0.198. The molecule has 18 nitrogen and oxygen atoms in total. The van der Waals surface area contributed by atoms with E-state index >= 15 is 0 Å². The van der Waals surface area contributed by atoms with Gasteiger partial charge in [0, 0.05) is 45.9 Å². The molecule has 0 bridgehead atoms. The molecule has 62 heavy (non-hydrogen) atoms. The van der Waals surface area contributed by atoms with Crippen LogP contribution in [0.4, 0.5) is 0 Å². The summed E-state index contributed by atoms with van der Waals surface area (Å²) in [6, 6.07) is 0. The second-order valence-corrected chi connectivity index (χ2v) is 17.7. The number of epoxide rings is 2. The monoisotopic (exact) mass is 889 g/mol. The van der Waals surface area contributed by atoms with Gasteiger partial charge in [0.05, 0.1) is 51.3 Å². The van der Waals surface area contributed by atoms with Gasteiger partial charge in [0.2, 0.25) is 0 Å². The van der Waals surface area contributed by atoms with E-state index in [0.29, 0.717) is 68.5 Å². The van der Waals surface area contributed by atoms with Gasteiger partial charge in [-0.1, -0.05) is 55.4 Å². The standard InChI is InChI=1S/C22H48N6O3.C8H14O3.2C7H17N3/c1-17(2)8-5-11-25-21(23)27-14-19(29)10-7-13-31-16-20(30)15-28-22(24)26-12-6-9-18(3)4;1(2-7-5-10-7)3-9-4-8-6-11-8;2*1-6(2)4-3-5-10-7(8)9/h17-20,29-30H,5-16H2,1-4H3,(H3,23,25,27)(H3,24,26,28);7-8H,1-6H2;2*6H,3-5H2,1-2H3,(H4,8,9,10). The van der Waals surface area contributed by atoms with Gasteiger partial charge in [-0.25, -0.2) is 0 Å². The van der Waals surface area contributed by atoms with Gasteiger partial charge in [0.1, 0.15) is 6.10 Å². The fourth-order valence-corrected chi connectivity index (χ4v) is 5.20.